The lowest BCUT2D eigenvalue weighted by Crippen LogP contribution is -2.45. The van der Waals surface area contributed by atoms with Gasteiger partial charge in [-0.05, 0) is 7.05 Å². The van der Waals surface area contributed by atoms with Gasteiger partial charge in [-0.2, -0.15) is 0 Å². The van der Waals surface area contributed by atoms with E-state index in [0.29, 0.717) is 4.88 Å². The van der Waals surface area contributed by atoms with Crippen molar-refractivity contribution in [1.82, 2.24) is 14.8 Å². The molecule has 17 heavy (non-hydrogen) atoms. The summed E-state index contributed by atoms with van der Waals surface area (Å²) in [5, 5.41) is 9.72. The first-order chi connectivity index (χ1) is 8.15. The second kappa shape index (κ2) is 5.57. The van der Waals surface area contributed by atoms with Gasteiger partial charge < -0.3 is 14.9 Å². The van der Waals surface area contributed by atoms with E-state index in [1.54, 1.807) is 0 Å². The number of thiazole rings is 1. The monoisotopic (exact) mass is 255 g/mol. The molecule has 0 amide bonds. The van der Waals surface area contributed by atoms with Crippen LogP contribution in [0, 0.1) is 0 Å². The number of nitrogens with zero attached hydrogens (tertiary/aromatic N) is 3. The molecule has 5 nitrogen and oxygen atoms in total. The zero-order chi connectivity index (χ0) is 12.3. The van der Waals surface area contributed by atoms with Crippen molar-refractivity contribution in [2.24, 2.45) is 0 Å². The van der Waals surface area contributed by atoms with E-state index in [2.05, 4.69) is 21.8 Å². The summed E-state index contributed by atoms with van der Waals surface area (Å²) in [5.41, 5.74) is 0. The Kier molecular flexibility index (Phi) is 4.09. The number of likely N-dealkylation sites (N-methyl/N-ethyl adjacent to an activating group) is 1. The first-order valence-electron chi connectivity index (χ1n) is 5.74. The van der Waals surface area contributed by atoms with Crippen LogP contribution in [0.2, 0.25) is 0 Å². The van der Waals surface area contributed by atoms with E-state index < -0.39 is 5.97 Å². The summed E-state index contributed by atoms with van der Waals surface area (Å²) in [6.07, 6.45) is 2.30. The van der Waals surface area contributed by atoms with Gasteiger partial charge in [-0.15, -0.1) is 11.3 Å². The van der Waals surface area contributed by atoms with Gasteiger partial charge in [0.05, 0.1) is 11.2 Å². The molecule has 1 aliphatic heterocycles. The number of aromatic carboxylic acids is 1. The van der Waals surface area contributed by atoms with E-state index in [4.69, 9.17) is 5.11 Å². The number of carbonyl (C=O) groups is 1. The number of piperazine rings is 1. The fourth-order valence-corrected chi connectivity index (χ4v) is 2.60. The minimum Gasteiger partial charge on any atom is -0.477 e. The molecule has 2 rings (SSSR count). The van der Waals surface area contributed by atoms with Gasteiger partial charge in [0.2, 0.25) is 0 Å². The maximum atomic E-state index is 10.7. The van der Waals surface area contributed by atoms with Crippen LogP contribution in [0.4, 0.5) is 0 Å². The molecule has 0 aliphatic carbocycles. The van der Waals surface area contributed by atoms with E-state index in [9.17, 15) is 4.79 Å². The van der Waals surface area contributed by atoms with Crippen LogP contribution >= 0.6 is 11.3 Å². The Balaban J connectivity index is 1.79. The van der Waals surface area contributed by atoms with Gasteiger partial charge in [0.1, 0.15) is 4.88 Å². The normalized spacial score (nSPS) is 18.4. The highest BCUT2D eigenvalue weighted by Crippen LogP contribution is 2.14. The van der Waals surface area contributed by atoms with E-state index in [-0.39, 0.29) is 0 Å². The van der Waals surface area contributed by atoms with E-state index >= 15 is 0 Å². The van der Waals surface area contributed by atoms with Crippen LogP contribution in [0.1, 0.15) is 14.7 Å². The van der Waals surface area contributed by atoms with Crippen molar-refractivity contribution in [3.8, 4) is 0 Å². The van der Waals surface area contributed by atoms with Crippen molar-refractivity contribution >= 4 is 17.3 Å². The lowest BCUT2D eigenvalue weighted by molar-refractivity contribution is 0.0702. The molecule has 1 aromatic rings. The third-order valence-corrected chi connectivity index (χ3v) is 4.05. The molecule has 0 aromatic carbocycles. The van der Waals surface area contributed by atoms with Crippen molar-refractivity contribution in [2.75, 3.05) is 39.8 Å². The first-order valence-corrected chi connectivity index (χ1v) is 6.55. The number of carboxylic acids is 1. The third kappa shape index (κ3) is 3.49. The van der Waals surface area contributed by atoms with Gasteiger partial charge in [0.25, 0.3) is 0 Å². The Labute approximate surface area is 105 Å². The van der Waals surface area contributed by atoms with Crippen LogP contribution in [0.15, 0.2) is 6.20 Å². The second-order valence-electron chi connectivity index (χ2n) is 4.32. The van der Waals surface area contributed by atoms with E-state index in [1.807, 2.05) is 0 Å². The minimum absolute atomic E-state index is 0.332. The summed E-state index contributed by atoms with van der Waals surface area (Å²) in [6, 6.07) is 0. The molecule has 94 valence electrons. The van der Waals surface area contributed by atoms with Crippen molar-refractivity contribution in [3.63, 3.8) is 0 Å². The van der Waals surface area contributed by atoms with Gasteiger partial charge in [0.15, 0.2) is 0 Å². The lowest BCUT2D eigenvalue weighted by atomic mass is 10.3. The second-order valence-corrected chi connectivity index (χ2v) is 5.43. The van der Waals surface area contributed by atoms with Gasteiger partial charge in [0, 0.05) is 39.1 Å². The zero-order valence-electron chi connectivity index (χ0n) is 9.93. The molecule has 0 bridgehead atoms. The summed E-state index contributed by atoms with van der Waals surface area (Å²) in [5.74, 6) is -0.881. The smallest absolute Gasteiger partial charge is 0.347 e. The molecule has 0 unspecified atom stereocenters. The van der Waals surface area contributed by atoms with Crippen LogP contribution in [-0.4, -0.2) is 65.6 Å². The van der Waals surface area contributed by atoms with Crippen molar-refractivity contribution < 1.29 is 9.90 Å². The summed E-state index contributed by atoms with van der Waals surface area (Å²) >= 11 is 1.28. The van der Waals surface area contributed by atoms with Crippen LogP contribution < -0.4 is 0 Å². The Morgan fingerprint density at radius 3 is 2.76 bits per heavy atom. The van der Waals surface area contributed by atoms with Crippen LogP contribution in [-0.2, 0) is 6.42 Å². The standard InChI is InChI=1S/C11H17N3O2S/c1-13-4-6-14(7-5-13)3-2-10-12-8-9(17-10)11(15)16/h8H,2-7H2,1H3,(H,15,16). The quantitative estimate of drug-likeness (QED) is 0.855. The summed E-state index contributed by atoms with van der Waals surface area (Å²) in [6.45, 7) is 5.37. The average Bonchev–Trinajstić information content (AvgIpc) is 2.77. The van der Waals surface area contributed by atoms with Gasteiger partial charge in [-0.25, -0.2) is 9.78 Å². The van der Waals surface area contributed by atoms with Crippen molar-refractivity contribution in [2.45, 2.75) is 6.42 Å². The number of rotatable bonds is 4. The number of carboxylic acid groups (broad SMARTS) is 1. The fraction of sp³-hybridized carbons (Fsp3) is 0.636. The van der Waals surface area contributed by atoms with Crippen molar-refractivity contribution in [1.29, 1.82) is 0 Å². The van der Waals surface area contributed by atoms with Crippen LogP contribution in [0.5, 0.6) is 0 Å². The Bertz CT molecular complexity index is 386. The molecule has 1 aliphatic rings. The highest BCUT2D eigenvalue weighted by atomic mass is 32.1. The molecule has 6 heteroatoms. The average molecular weight is 255 g/mol. The molecule has 1 aromatic heterocycles. The Hall–Kier alpha value is -0.980. The molecule has 0 saturated carbocycles. The van der Waals surface area contributed by atoms with E-state index in [1.165, 1.54) is 17.5 Å². The molecule has 1 fully saturated rings. The molecule has 1 saturated heterocycles. The van der Waals surface area contributed by atoms with Crippen LogP contribution in [0.25, 0.3) is 0 Å². The predicted molar refractivity (Wildman–Crippen MR) is 66.7 cm³/mol. The largest absolute Gasteiger partial charge is 0.477 e. The molecular weight excluding hydrogens is 238 g/mol. The molecule has 1 N–H and O–H groups in total. The van der Waals surface area contributed by atoms with Gasteiger partial charge in [-0.3, -0.25) is 0 Å². The fourth-order valence-electron chi connectivity index (χ4n) is 1.85. The third-order valence-electron chi connectivity index (χ3n) is 3.00. The van der Waals surface area contributed by atoms with Gasteiger partial charge in [-0.1, -0.05) is 0 Å². The van der Waals surface area contributed by atoms with Gasteiger partial charge >= 0.3 is 5.97 Å². The lowest BCUT2D eigenvalue weighted by Gasteiger charge is -2.32. The maximum Gasteiger partial charge on any atom is 0.347 e. The summed E-state index contributed by atoms with van der Waals surface area (Å²) in [4.78, 5) is 19.9. The topological polar surface area (TPSA) is 56.7 Å². The molecule has 0 atom stereocenters. The Morgan fingerprint density at radius 2 is 2.18 bits per heavy atom. The zero-order valence-corrected chi connectivity index (χ0v) is 10.7. The van der Waals surface area contributed by atoms with Crippen molar-refractivity contribution in [3.05, 3.63) is 16.1 Å². The Morgan fingerprint density at radius 1 is 1.47 bits per heavy atom. The molecule has 2 heterocycles. The first kappa shape index (κ1) is 12.5. The summed E-state index contributed by atoms with van der Waals surface area (Å²) in [7, 11) is 2.14. The highest BCUT2D eigenvalue weighted by Gasteiger charge is 2.14. The van der Waals surface area contributed by atoms with E-state index in [0.717, 1.165) is 44.2 Å². The minimum atomic E-state index is -0.881. The molecule has 0 radical (unpaired) electrons. The van der Waals surface area contributed by atoms with Crippen LogP contribution in [0.3, 0.4) is 0 Å². The predicted octanol–water partition coefficient (Wildman–Crippen LogP) is 0.631. The molecular formula is C11H17N3O2S. The SMILES string of the molecule is CN1CCN(CCc2ncc(C(=O)O)s2)CC1. The highest BCUT2D eigenvalue weighted by molar-refractivity contribution is 7.13. The molecule has 0 spiro atoms. The number of hydrogen-bond donors (Lipinski definition) is 1. The maximum absolute atomic E-state index is 10.7. The summed E-state index contributed by atoms with van der Waals surface area (Å²) < 4.78 is 0. The number of hydrogen-bond acceptors (Lipinski definition) is 5. The number of aromatic nitrogens is 1.